The first-order chi connectivity index (χ1) is 11.6. The van der Waals surface area contributed by atoms with Crippen LogP contribution in [-0.2, 0) is 15.1 Å². The fraction of sp³-hybridized carbons (Fsp3) is 0.400. The summed E-state index contributed by atoms with van der Waals surface area (Å²) in [6.45, 7) is -0.889. The third kappa shape index (κ3) is 4.01. The van der Waals surface area contributed by atoms with Gasteiger partial charge in [-0.15, -0.1) is 0 Å². The van der Waals surface area contributed by atoms with E-state index in [-0.39, 0.29) is 0 Å². The number of halogens is 3. The summed E-state index contributed by atoms with van der Waals surface area (Å²) < 4.78 is 41.3. The average molecular weight is 359 g/mol. The van der Waals surface area contributed by atoms with Gasteiger partial charge in [-0.25, -0.2) is 4.79 Å². The van der Waals surface area contributed by atoms with Crippen molar-refractivity contribution in [2.45, 2.75) is 18.6 Å². The molecule has 1 atom stereocenters. The molecule has 1 aliphatic heterocycles. The predicted octanol–water partition coefficient (Wildman–Crippen LogP) is 1.14. The van der Waals surface area contributed by atoms with Gasteiger partial charge in [-0.05, 0) is 24.6 Å². The molecule has 7 nitrogen and oxygen atoms in total. The van der Waals surface area contributed by atoms with Crippen LogP contribution in [0.5, 0.6) is 5.75 Å². The van der Waals surface area contributed by atoms with E-state index in [1.807, 2.05) is 0 Å². The molecule has 1 fully saturated rings. The second kappa shape index (κ2) is 6.61. The minimum atomic E-state index is -4.58. The minimum absolute atomic E-state index is 0.449. The number of carbonyl (C=O) groups is 3. The van der Waals surface area contributed by atoms with Crippen molar-refractivity contribution in [3.63, 3.8) is 0 Å². The summed E-state index contributed by atoms with van der Waals surface area (Å²) in [5, 5.41) is 4.07. The lowest BCUT2D eigenvalue weighted by Crippen LogP contribution is -2.44. The summed E-state index contributed by atoms with van der Waals surface area (Å²) in [6.07, 6.45) is -4.58. The SMILES string of the molecule is COc1ccc([C@]2(C)NC(=O)N(CC(=O)NCC(F)(F)F)C2=O)cc1. The highest BCUT2D eigenvalue weighted by atomic mass is 19.4. The molecule has 0 unspecified atom stereocenters. The van der Waals surface area contributed by atoms with Crippen LogP contribution in [0.15, 0.2) is 24.3 Å². The maximum absolute atomic E-state index is 12.5. The molecule has 0 aliphatic carbocycles. The number of methoxy groups -OCH3 is 1. The first-order valence-corrected chi connectivity index (χ1v) is 7.19. The van der Waals surface area contributed by atoms with Crippen molar-refractivity contribution < 1.29 is 32.3 Å². The van der Waals surface area contributed by atoms with Crippen molar-refractivity contribution in [3.05, 3.63) is 29.8 Å². The number of nitrogens with zero attached hydrogens (tertiary/aromatic N) is 1. The van der Waals surface area contributed by atoms with Crippen molar-refractivity contribution in [1.82, 2.24) is 15.5 Å². The Morgan fingerprint density at radius 2 is 1.88 bits per heavy atom. The summed E-state index contributed by atoms with van der Waals surface area (Å²) in [4.78, 5) is 36.7. The summed E-state index contributed by atoms with van der Waals surface area (Å²) in [7, 11) is 1.47. The zero-order chi connectivity index (χ0) is 18.8. The number of amides is 4. The van der Waals surface area contributed by atoms with Crippen LogP contribution in [0.4, 0.5) is 18.0 Å². The van der Waals surface area contributed by atoms with Gasteiger partial charge in [0, 0.05) is 0 Å². The molecule has 136 valence electrons. The Bertz CT molecular complexity index is 690. The van der Waals surface area contributed by atoms with Crippen LogP contribution in [0.1, 0.15) is 12.5 Å². The van der Waals surface area contributed by atoms with E-state index in [0.29, 0.717) is 16.2 Å². The van der Waals surface area contributed by atoms with E-state index in [9.17, 15) is 27.6 Å². The molecule has 4 amide bonds. The topological polar surface area (TPSA) is 87.7 Å². The largest absolute Gasteiger partial charge is 0.497 e. The van der Waals surface area contributed by atoms with Crippen molar-refractivity contribution in [1.29, 1.82) is 0 Å². The Hall–Kier alpha value is -2.78. The molecule has 0 saturated carbocycles. The van der Waals surface area contributed by atoms with Gasteiger partial charge in [-0.1, -0.05) is 12.1 Å². The molecule has 0 bridgehead atoms. The van der Waals surface area contributed by atoms with E-state index in [2.05, 4.69) is 5.32 Å². The number of alkyl halides is 3. The number of ether oxygens (including phenoxy) is 1. The Kier molecular flexibility index (Phi) is 4.91. The van der Waals surface area contributed by atoms with Crippen LogP contribution in [0.2, 0.25) is 0 Å². The maximum Gasteiger partial charge on any atom is 0.405 e. The Morgan fingerprint density at radius 3 is 2.40 bits per heavy atom. The number of rotatable bonds is 5. The van der Waals surface area contributed by atoms with Crippen molar-refractivity contribution in [3.8, 4) is 5.75 Å². The van der Waals surface area contributed by atoms with Gasteiger partial charge in [0.05, 0.1) is 7.11 Å². The lowest BCUT2D eigenvalue weighted by Gasteiger charge is -2.22. The van der Waals surface area contributed by atoms with Crippen LogP contribution < -0.4 is 15.4 Å². The van der Waals surface area contributed by atoms with Gasteiger partial charge in [-0.2, -0.15) is 13.2 Å². The summed E-state index contributed by atoms with van der Waals surface area (Å²) >= 11 is 0. The van der Waals surface area contributed by atoms with E-state index in [1.54, 1.807) is 29.6 Å². The van der Waals surface area contributed by atoms with Gasteiger partial charge in [0.2, 0.25) is 5.91 Å². The number of hydrogen-bond acceptors (Lipinski definition) is 4. The number of nitrogens with one attached hydrogen (secondary N) is 2. The molecule has 1 aliphatic rings. The van der Waals surface area contributed by atoms with Gasteiger partial charge < -0.3 is 15.4 Å². The molecule has 1 aromatic rings. The minimum Gasteiger partial charge on any atom is -0.497 e. The Labute approximate surface area is 141 Å². The molecule has 25 heavy (non-hydrogen) atoms. The summed E-state index contributed by atoms with van der Waals surface area (Å²) in [5.41, 5.74) is -0.974. The van der Waals surface area contributed by atoms with E-state index in [0.717, 1.165) is 0 Å². The zero-order valence-corrected chi connectivity index (χ0v) is 13.4. The number of hydrogen-bond donors (Lipinski definition) is 2. The molecule has 0 spiro atoms. The molecular formula is C15H16F3N3O4. The van der Waals surface area contributed by atoms with Crippen LogP contribution in [-0.4, -0.2) is 49.1 Å². The van der Waals surface area contributed by atoms with Gasteiger partial charge in [0.25, 0.3) is 5.91 Å². The zero-order valence-electron chi connectivity index (χ0n) is 13.4. The summed E-state index contributed by atoms with van der Waals surface area (Å²) in [5.74, 6) is -1.27. The monoisotopic (exact) mass is 359 g/mol. The van der Waals surface area contributed by atoms with Gasteiger partial charge in [0.15, 0.2) is 0 Å². The molecule has 0 aromatic heterocycles. The highest BCUT2D eigenvalue weighted by Crippen LogP contribution is 2.29. The fourth-order valence-corrected chi connectivity index (χ4v) is 2.36. The Balaban J connectivity index is 2.11. The van der Waals surface area contributed by atoms with Crippen molar-refractivity contribution >= 4 is 17.8 Å². The molecule has 2 rings (SSSR count). The van der Waals surface area contributed by atoms with E-state index in [1.165, 1.54) is 14.0 Å². The van der Waals surface area contributed by atoms with E-state index in [4.69, 9.17) is 4.74 Å². The average Bonchev–Trinajstić information content (AvgIpc) is 2.77. The molecular weight excluding hydrogens is 343 g/mol. The number of imide groups is 1. The molecule has 10 heteroatoms. The maximum atomic E-state index is 12.5. The van der Waals surface area contributed by atoms with Gasteiger partial charge >= 0.3 is 12.2 Å². The Morgan fingerprint density at radius 1 is 1.28 bits per heavy atom. The van der Waals surface area contributed by atoms with Crippen molar-refractivity contribution in [2.24, 2.45) is 0 Å². The quantitative estimate of drug-likeness (QED) is 0.772. The number of benzene rings is 1. The van der Waals surface area contributed by atoms with Crippen LogP contribution in [0, 0.1) is 0 Å². The second-order valence-electron chi connectivity index (χ2n) is 5.57. The van der Waals surface area contributed by atoms with Gasteiger partial charge in [0.1, 0.15) is 24.4 Å². The van der Waals surface area contributed by atoms with Crippen LogP contribution in [0.3, 0.4) is 0 Å². The van der Waals surface area contributed by atoms with Crippen LogP contribution in [0.25, 0.3) is 0 Å². The third-order valence-corrected chi connectivity index (χ3v) is 3.73. The number of urea groups is 1. The first-order valence-electron chi connectivity index (χ1n) is 7.19. The molecule has 0 radical (unpaired) electrons. The molecule has 1 aromatic carbocycles. The van der Waals surface area contributed by atoms with Gasteiger partial charge in [-0.3, -0.25) is 14.5 Å². The highest BCUT2D eigenvalue weighted by Gasteiger charge is 2.49. The van der Waals surface area contributed by atoms with E-state index >= 15 is 0 Å². The lowest BCUT2D eigenvalue weighted by atomic mass is 9.92. The van der Waals surface area contributed by atoms with Crippen LogP contribution >= 0.6 is 0 Å². The van der Waals surface area contributed by atoms with E-state index < -0.39 is 42.7 Å². The summed E-state index contributed by atoms with van der Waals surface area (Å²) in [6, 6.07) is 5.48. The second-order valence-corrected chi connectivity index (χ2v) is 5.57. The van der Waals surface area contributed by atoms with Crippen molar-refractivity contribution in [2.75, 3.05) is 20.2 Å². The first kappa shape index (κ1) is 18.6. The predicted molar refractivity (Wildman–Crippen MR) is 79.7 cm³/mol. The normalized spacial score (nSPS) is 20.4. The standard InChI is InChI=1S/C15H16F3N3O4/c1-14(9-3-5-10(25-2)6-4-9)12(23)21(13(24)20-14)7-11(22)19-8-15(16,17)18/h3-6H,7-8H2,1-2H3,(H,19,22)(H,20,24)/t14-/m0/s1. The third-order valence-electron chi connectivity index (χ3n) is 3.73. The number of carbonyl (C=O) groups excluding carboxylic acids is 3. The molecule has 2 N–H and O–H groups in total. The highest BCUT2D eigenvalue weighted by molar-refractivity contribution is 6.09. The smallest absolute Gasteiger partial charge is 0.405 e. The molecule has 1 heterocycles. The molecule has 1 saturated heterocycles. The lowest BCUT2D eigenvalue weighted by molar-refractivity contribution is -0.141. The fourth-order valence-electron chi connectivity index (χ4n) is 2.36.